The summed E-state index contributed by atoms with van der Waals surface area (Å²) in [6.45, 7) is 0.326. The standard InChI is InChI=1S/C17H31N3O4S/c1-18(2)16(21)11-19(3)12-17(22)20(14-7-5-4-6-8-14)15-9-10-25(23,24)13-15/h14-15H,4-13H2,1-3H3. The van der Waals surface area contributed by atoms with Crippen molar-refractivity contribution >= 4 is 21.7 Å². The maximum Gasteiger partial charge on any atom is 0.237 e. The second-order valence-corrected chi connectivity index (χ2v) is 9.84. The van der Waals surface area contributed by atoms with E-state index in [1.54, 1.807) is 26.0 Å². The van der Waals surface area contributed by atoms with Gasteiger partial charge in [-0.1, -0.05) is 19.3 Å². The van der Waals surface area contributed by atoms with Gasteiger partial charge in [0.2, 0.25) is 11.8 Å². The Labute approximate surface area is 151 Å². The zero-order chi connectivity index (χ0) is 18.6. The molecule has 1 aliphatic carbocycles. The molecule has 0 bridgehead atoms. The second kappa shape index (κ2) is 8.49. The van der Waals surface area contributed by atoms with E-state index in [1.165, 1.54) is 11.3 Å². The van der Waals surface area contributed by atoms with E-state index >= 15 is 0 Å². The summed E-state index contributed by atoms with van der Waals surface area (Å²) in [6, 6.07) is -0.0731. The molecule has 7 nitrogen and oxygen atoms in total. The highest BCUT2D eigenvalue weighted by molar-refractivity contribution is 7.91. The third-order valence-corrected chi connectivity index (χ3v) is 6.92. The Morgan fingerprint density at radius 1 is 0.880 bits per heavy atom. The normalized spacial score (nSPS) is 23.6. The Hall–Kier alpha value is -1.15. The number of carbonyl (C=O) groups is 2. The Morgan fingerprint density at radius 2 is 1.48 bits per heavy atom. The lowest BCUT2D eigenvalue weighted by atomic mass is 9.93. The number of sulfone groups is 1. The Bertz CT molecular complexity index is 585. The predicted octanol–water partition coefficient (Wildman–Crippen LogP) is 0.355. The molecular formula is C17H31N3O4S. The van der Waals surface area contributed by atoms with Crippen LogP contribution in [0.5, 0.6) is 0 Å². The van der Waals surface area contributed by atoms with Crippen molar-refractivity contribution in [2.24, 2.45) is 0 Å². The molecule has 0 aromatic heterocycles. The summed E-state index contributed by atoms with van der Waals surface area (Å²) in [5.41, 5.74) is 0. The number of hydrogen-bond acceptors (Lipinski definition) is 5. The van der Waals surface area contributed by atoms with Gasteiger partial charge in [0, 0.05) is 26.2 Å². The molecule has 0 radical (unpaired) electrons. The molecule has 1 saturated heterocycles. The van der Waals surface area contributed by atoms with Crippen molar-refractivity contribution in [3.05, 3.63) is 0 Å². The topological polar surface area (TPSA) is 78.0 Å². The zero-order valence-corrected chi connectivity index (χ0v) is 16.4. The van der Waals surface area contributed by atoms with E-state index in [9.17, 15) is 18.0 Å². The van der Waals surface area contributed by atoms with Crippen LogP contribution in [0.2, 0.25) is 0 Å². The van der Waals surface area contributed by atoms with Crippen LogP contribution in [0.4, 0.5) is 0 Å². The molecule has 2 amide bonds. The monoisotopic (exact) mass is 373 g/mol. The van der Waals surface area contributed by atoms with Gasteiger partial charge in [0.25, 0.3) is 0 Å². The van der Waals surface area contributed by atoms with Crippen LogP contribution in [0.3, 0.4) is 0 Å². The maximum atomic E-state index is 13.0. The van der Waals surface area contributed by atoms with Gasteiger partial charge in [0.05, 0.1) is 24.6 Å². The smallest absolute Gasteiger partial charge is 0.237 e. The Kier molecular flexibility index (Phi) is 6.85. The molecule has 2 fully saturated rings. The lowest BCUT2D eigenvalue weighted by Crippen LogP contribution is -2.52. The lowest BCUT2D eigenvalue weighted by Gasteiger charge is -2.39. The van der Waals surface area contributed by atoms with E-state index in [-0.39, 0.29) is 48.5 Å². The molecule has 1 unspecified atom stereocenters. The van der Waals surface area contributed by atoms with Gasteiger partial charge in [0.15, 0.2) is 9.84 Å². The first-order valence-electron chi connectivity index (χ1n) is 9.10. The van der Waals surface area contributed by atoms with Gasteiger partial charge in [-0.15, -0.1) is 0 Å². The Morgan fingerprint density at radius 3 is 2.00 bits per heavy atom. The summed E-state index contributed by atoms with van der Waals surface area (Å²) in [7, 11) is 2.09. The molecule has 144 valence electrons. The van der Waals surface area contributed by atoms with Gasteiger partial charge in [-0.05, 0) is 26.3 Å². The van der Waals surface area contributed by atoms with E-state index in [1.807, 2.05) is 4.90 Å². The van der Waals surface area contributed by atoms with E-state index < -0.39 is 9.84 Å². The fourth-order valence-corrected chi connectivity index (χ4v) is 5.51. The van der Waals surface area contributed by atoms with Crippen molar-refractivity contribution in [3.63, 3.8) is 0 Å². The Balaban J connectivity index is 2.06. The van der Waals surface area contributed by atoms with Crippen molar-refractivity contribution in [2.75, 3.05) is 45.7 Å². The number of rotatable bonds is 6. The molecule has 2 aliphatic rings. The van der Waals surface area contributed by atoms with Crippen LogP contribution >= 0.6 is 0 Å². The summed E-state index contributed by atoms with van der Waals surface area (Å²) in [5.74, 6) is 0.143. The summed E-state index contributed by atoms with van der Waals surface area (Å²) < 4.78 is 23.8. The quantitative estimate of drug-likeness (QED) is 0.672. The molecule has 0 aromatic carbocycles. The van der Waals surface area contributed by atoms with Gasteiger partial charge < -0.3 is 9.80 Å². The zero-order valence-electron chi connectivity index (χ0n) is 15.6. The first-order chi connectivity index (χ1) is 11.7. The maximum absolute atomic E-state index is 13.0. The molecule has 0 spiro atoms. The fourth-order valence-electron chi connectivity index (χ4n) is 3.80. The van der Waals surface area contributed by atoms with Gasteiger partial charge in [-0.3, -0.25) is 14.5 Å². The summed E-state index contributed by atoms with van der Waals surface area (Å²) in [6.07, 6.45) is 5.78. The van der Waals surface area contributed by atoms with Gasteiger partial charge >= 0.3 is 0 Å². The fraction of sp³-hybridized carbons (Fsp3) is 0.882. The van der Waals surface area contributed by atoms with E-state index in [0.717, 1.165) is 25.7 Å². The first-order valence-corrected chi connectivity index (χ1v) is 10.9. The molecular weight excluding hydrogens is 342 g/mol. The minimum atomic E-state index is -3.04. The van der Waals surface area contributed by atoms with E-state index in [2.05, 4.69) is 0 Å². The first kappa shape index (κ1) is 20.2. The van der Waals surface area contributed by atoms with Crippen molar-refractivity contribution in [2.45, 2.75) is 50.6 Å². The van der Waals surface area contributed by atoms with Crippen LogP contribution in [-0.4, -0.2) is 92.8 Å². The molecule has 2 rings (SSSR count). The number of likely N-dealkylation sites (N-methyl/N-ethyl adjacent to an activating group) is 2. The third kappa shape index (κ3) is 5.67. The van der Waals surface area contributed by atoms with Crippen molar-refractivity contribution in [1.29, 1.82) is 0 Å². The van der Waals surface area contributed by atoms with Crippen LogP contribution in [0, 0.1) is 0 Å². The number of nitrogens with zero attached hydrogens (tertiary/aromatic N) is 3. The predicted molar refractivity (Wildman–Crippen MR) is 97.0 cm³/mol. The number of amides is 2. The average molecular weight is 374 g/mol. The SMILES string of the molecule is CN(CC(=O)N(C)C)CC(=O)N(C1CCCCC1)C1CCS(=O)(=O)C1. The van der Waals surface area contributed by atoms with E-state index in [0.29, 0.717) is 6.42 Å². The summed E-state index contributed by atoms with van der Waals surface area (Å²) in [4.78, 5) is 29.9. The number of carbonyl (C=O) groups excluding carboxylic acids is 2. The van der Waals surface area contributed by atoms with Crippen molar-refractivity contribution in [1.82, 2.24) is 14.7 Å². The largest absolute Gasteiger partial charge is 0.348 e. The minimum Gasteiger partial charge on any atom is -0.348 e. The van der Waals surface area contributed by atoms with Crippen molar-refractivity contribution < 1.29 is 18.0 Å². The highest BCUT2D eigenvalue weighted by Crippen LogP contribution is 2.28. The van der Waals surface area contributed by atoms with Crippen LogP contribution in [0.1, 0.15) is 38.5 Å². The van der Waals surface area contributed by atoms with Crippen LogP contribution in [0.25, 0.3) is 0 Å². The van der Waals surface area contributed by atoms with Gasteiger partial charge in [-0.2, -0.15) is 0 Å². The highest BCUT2D eigenvalue weighted by Gasteiger charge is 2.38. The van der Waals surface area contributed by atoms with E-state index in [4.69, 9.17) is 0 Å². The molecule has 25 heavy (non-hydrogen) atoms. The van der Waals surface area contributed by atoms with Gasteiger partial charge in [0.1, 0.15) is 0 Å². The minimum absolute atomic E-state index is 0.0527. The van der Waals surface area contributed by atoms with Crippen LogP contribution in [0.15, 0.2) is 0 Å². The lowest BCUT2D eigenvalue weighted by molar-refractivity contribution is -0.138. The van der Waals surface area contributed by atoms with Crippen LogP contribution < -0.4 is 0 Å². The van der Waals surface area contributed by atoms with Gasteiger partial charge in [-0.25, -0.2) is 8.42 Å². The molecule has 8 heteroatoms. The molecule has 1 atom stereocenters. The molecule has 1 heterocycles. The third-order valence-electron chi connectivity index (χ3n) is 5.17. The number of hydrogen-bond donors (Lipinski definition) is 0. The molecule has 1 saturated carbocycles. The summed E-state index contributed by atoms with van der Waals surface area (Å²) >= 11 is 0. The molecule has 0 aromatic rings. The molecule has 0 N–H and O–H groups in total. The highest BCUT2D eigenvalue weighted by atomic mass is 32.2. The second-order valence-electron chi connectivity index (χ2n) is 7.61. The average Bonchev–Trinajstić information content (AvgIpc) is 2.87. The van der Waals surface area contributed by atoms with Crippen molar-refractivity contribution in [3.8, 4) is 0 Å². The summed E-state index contributed by atoms with van der Waals surface area (Å²) in [5, 5.41) is 0. The molecule has 1 aliphatic heterocycles. The van der Waals surface area contributed by atoms with Crippen LogP contribution in [-0.2, 0) is 19.4 Å².